The molecule has 8 heteroatoms. The zero-order chi connectivity index (χ0) is 16.2. The zero-order valence-corrected chi connectivity index (χ0v) is 13.8. The van der Waals surface area contributed by atoms with Crippen molar-refractivity contribution in [3.63, 3.8) is 0 Å². The van der Waals surface area contributed by atoms with Gasteiger partial charge in [-0.15, -0.1) is 11.3 Å². The number of thiazole rings is 1. The Morgan fingerprint density at radius 3 is 3.09 bits per heavy atom. The largest absolute Gasteiger partial charge is 0.382 e. The molecule has 1 aliphatic heterocycles. The van der Waals surface area contributed by atoms with E-state index in [4.69, 9.17) is 5.73 Å². The van der Waals surface area contributed by atoms with E-state index < -0.39 is 0 Å². The van der Waals surface area contributed by atoms with Crippen molar-refractivity contribution in [1.29, 1.82) is 0 Å². The Morgan fingerprint density at radius 1 is 1.48 bits per heavy atom. The zero-order valence-electron chi connectivity index (χ0n) is 13.0. The topological polar surface area (TPSA) is 97.0 Å². The van der Waals surface area contributed by atoms with Crippen molar-refractivity contribution in [3.8, 4) is 0 Å². The molecule has 3 heterocycles. The maximum absolute atomic E-state index is 12.1. The first kappa shape index (κ1) is 15.8. The van der Waals surface area contributed by atoms with Crippen LogP contribution in [0.1, 0.15) is 35.9 Å². The van der Waals surface area contributed by atoms with Gasteiger partial charge in [0, 0.05) is 30.9 Å². The number of nitrogen functional groups attached to an aromatic ring is 1. The average molecular weight is 332 g/mol. The summed E-state index contributed by atoms with van der Waals surface area (Å²) in [6, 6.07) is 0. The molecule has 1 fully saturated rings. The summed E-state index contributed by atoms with van der Waals surface area (Å²) in [6.07, 6.45) is 5.43. The van der Waals surface area contributed by atoms with Crippen LogP contribution >= 0.6 is 11.3 Å². The molecule has 0 aliphatic carbocycles. The fourth-order valence-electron chi connectivity index (χ4n) is 2.78. The second-order valence-electron chi connectivity index (χ2n) is 5.87. The van der Waals surface area contributed by atoms with Gasteiger partial charge in [0.15, 0.2) is 16.6 Å². The molecule has 0 aromatic carbocycles. The normalized spacial score (nSPS) is 18.7. The van der Waals surface area contributed by atoms with Crippen molar-refractivity contribution < 1.29 is 4.79 Å². The van der Waals surface area contributed by atoms with E-state index in [2.05, 4.69) is 32.1 Å². The van der Waals surface area contributed by atoms with E-state index in [9.17, 15) is 4.79 Å². The monoisotopic (exact) mass is 332 g/mol. The SMILES string of the molecule is C[C@H]1CCCN(Cc2csc(NC(=O)c3nccnc3N)n2)C1. The number of amides is 1. The number of likely N-dealkylation sites (tertiary alicyclic amines) is 1. The molecule has 122 valence electrons. The lowest BCUT2D eigenvalue weighted by Crippen LogP contribution is -2.33. The van der Waals surface area contributed by atoms with E-state index in [1.807, 2.05) is 5.38 Å². The van der Waals surface area contributed by atoms with Crippen LogP contribution in [-0.2, 0) is 6.54 Å². The van der Waals surface area contributed by atoms with Gasteiger partial charge in [0.2, 0.25) is 0 Å². The Morgan fingerprint density at radius 2 is 2.30 bits per heavy atom. The predicted octanol–water partition coefficient (Wildman–Crippen LogP) is 2.00. The van der Waals surface area contributed by atoms with Crippen LogP contribution in [0, 0.1) is 5.92 Å². The number of nitrogens with one attached hydrogen (secondary N) is 1. The van der Waals surface area contributed by atoms with Crippen molar-refractivity contribution in [1.82, 2.24) is 19.9 Å². The highest BCUT2D eigenvalue weighted by Gasteiger charge is 2.18. The van der Waals surface area contributed by atoms with Crippen LogP contribution in [0.15, 0.2) is 17.8 Å². The van der Waals surface area contributed by atoms with E-state index in [1.54, 1.807) is 0 Å². The highest BCUT2D eigenvalue weighted by molar-refractivity contribution is 7.13. The second kappa shape index (κ2) is 7.01. The van der Waals surface area contributed by atoms with Crippen molar-refractivity contribution in [3.05, 3.63) is 29.2 Å². The molecular weight excluding hydrogens is 312 g/mol. The molecule has 1 saturated heterocycles. The molecule has 0 unspecified atom stereocenters. The van der Waals surface area contributed by atoms with Gasteiger partial charge in [-0.05, 0) is 25.3 Å². The smallest absolute Gasteiger partial charge is 0.279 e. The molecule has 3 N–H and O–H groups in total. The van der Waals surface area contributed by atoms with Crippen LogP contribution in [0.2, 0.25) is 0 Å². The summed E-state index contributed by atoms with van der Waals surface area (Å²) in [4.78, 5) is 26.8. The number of piperidine rings is 1. The number of carbonyl (C=O) groups excluding carboxylic acids is 1. The minimum Gasteiger partial charge on any atom is -0.382 e. The maximum Gasteiger partial charge on any atom is 0.279 e. The number of hydrogen-bond acceptors (Lipinski definition) is 7. The summed E-state index contributed by atoms with van der Waals surface area (Å²) in [5.74, 6) is 0.466. The van der Waals surface area contributed by atoms with Gasteiger partial charge in [-0.2, -0.15) is 0 Å². The molecule has 0 saturated carbocycles. The van der Waals surface area contributed by atoms with E-state index >= 15 is 0 Å². The van der Waals surface area contributed by atoms with Crippen LogP contribution in [0.4, 0.5) is 10.9 Å². The molecule has 1 aliphatic rings. The van der Waals surface area contributed by atoms with E-state index in [0.717, 1.165) is 31.2 Å². The van der Waals surface area contributed by atoms with Gasteiger partial charge in [-0.25, -0.2) is 15.0 Å². The van der Waals surface area contributed by atoms with Crippen molar-refractivity contribution >= 4 is 28.2 Å². The van der Waals surface area contributed by atoms with Crippen LogP contribution < -0.4 is 11.1 Å². The molecular formula is C15H20N6OS. The third-order valence-electron chi connectivity index (χ3n) is 3.84. The lowest BCUT2D eigenvalue weighted by atomic mass is 10.0. The number of nitrogens with zero attached hydrogens (tertiary/aromatic N) is 4. The van der Waals surface area contributed by atoms with E-state index in [0.29, 0.717) is 5.13 Å². The van der Waals surface area contributed by atoms with E-state index in [-0.39, 0.29) is 17.4 Å². The quantitative estimate of drug-likeness (QED) is 0.889. The summed E-state index contributed by atoms with van der Waals surface area (Å²) >= 11 is 1.41. The summed E-state index contributed by atoms with van der Waals surface area (Å²) in [6.45, 7) is 5.32. The van der Waals surface area contributed by atoms with Crippen molar-refractivity contribution in [2.45, 2.75) is 26.3 Å². The molecule has 2 aromatic heterocycles. The van der Waals surface area contributed by atoms with Crippen LogP contribution in [0.25, 0.3) is 0 Å². The molecule has 1 amide bonds. The molecule has 23 heavy (non-hydrogen) atoms. The molecule has 1 atom stereocenters. The van der Waals surface area contributed by atoms with Gasteiger partial charge in [0.05, 0.1) is 5.69 Å². The summed E-state index contributed by atoms with van der Waals surface area (Å²) in [7, 11) is 0. The summed E-state index contributed by atoms with van der Waals surface area (Å²) in [5, 5.41) is 5.27. The van der Waals surface area contributed by atoms with Crippen LogP contribution in [-0.4, -0.2) is 38.8 Å². The third kappa shape index (κ3) is 4.02. The molecule has 7 nitrogen and oxygen atoms in total. The van der Waals surface area contributed by atoms with Gasteiger partial charge in [-0.3, -0.25) is 15.0 Å². The highest BCUT2D eigenvalue weighted by atomic mass is 32.1. The Kier molecular flexibility index (Phi) is 4.82. The summed E-state index contributed by atoms with van der Waals surface area (Å²) < 4.78 is 0. The number of anilines is 2. The minimum atomic E-state index is -0.386. The minimum absolute atomic E-state index is 0.115. The standard InChI is InChI=1S/C15H20N6OS/c1-10-3-2-6-21(7-10)8-11-9-23-15(19-11)20-14(22)12-13(16)18-5-4-17-12/h4-5,9-10H,2-3,6-8H2,1H3,(H2,16,18)(H,19,20,22)/t10-/m0/s1. The fourth-order valence-corrected chi connectivity index (χ4v) is 3.47. The first-order chi connectivity index (χ1) is 11.1. The second-order valence-corrected chi connectivity index (χ2v) is 6.73. The number of rotatable bonds is 4. The Hall–Kier alpha value is -2.06. The Balaban J connectivity index is 1.61. The number of carbonyl (C=O) groups is 1. The molecule has 0 radical (unpaired) electrons. The number of hydrogen-bond donors (Lipinski definition) is 2. The third-order valence-corrected chi connectivity index (χ3v) is 4.65. The van der Waals surface area contributed by atoms with Gasteiger partial charge >= 0.3 is 0 Å². The first-order valence-electron chi connectivity index (χ1n) is 7.66. The van der Waals surface area contributed by atoms with Crippen molar-refractivity contribution in [2.75, 3.05) is 24.1 Å². The predicted molar refractivity (Wildman–Crippen MR) is 90.2 cm³/mol. The average Bonchev–Trinajstić information content (AvgIpc) is 2.94. The lowest BCUT2D eigenvalue weighted by Gasteiger charge is -2.30. The maximum atomic E-state index is 12.1. The Bertz CT molecular complexity index is 688. The molecule has 0 spiro atoms. The summed E-state index contributed by atoms with van der Waals surface area (Å²) in [5.41, 5.74) is 6.76. The Labute approximate surface area is 139 Å². The first-order valence-corrected chi connectivity index (χ1v) is 8.54. The highest BCUT2D eigenvalue weighted by Crippen LogP contribution is 2.21. The van der Waals surface area contributed by atoms with Gasteiger partial charge in [0.1, 0.15) is 0 Å². The molecule has 2 aromatic rings. The van der Waals surface area contributed by atoms with Gasteiger partial charge in [0.25, 0.3) is 5.91 Å². The fraction of sp³-hybridized carbons (Fsp3) is 0.467. The number of aromatic nitrogens is 3. The van der Waals surface area contributed by atoms with E-state index in [1.165, 1.54) is 36.6 Å². The lowest BCUT2D eigenvalue weighted by molar-refractivity contribution is 0.102. The molecule has 3 rings (SSSR count). The van der Waals surface area contributed by atoms with Gasteiger partial charge < -0.3 is 5.73 Å². The molecule has 0 bridgehead atoms. The van der Waals surface area contributed by atoms with Gasteiger partial charge in [-0.1, -0.05) is 6.92 Å². The number of nitrogens with two attached hydrogens (primary N) is 1. The van der Waals surface area contributed by atoms with Crippen molar-refractivity contribution in [2.24, 2.45) is 5.92 Å². The van der Waals surface area contributed by atoms with Crippen LogP contribution in [0.3, 0.4) is 0 Å². The van der Waals surface area contributed by atoms with Crippen LogP contribution in [0.5, 0.6) is 0 Å².